The van der Waals surface area contributed by atoms with Gasteiger partial charge in [-0.15, -0.1) is 0 Å². The normalized spacial score (nSPS) is 33.0. The lowest BCUT2D eigenvalue weighted by Crippen LogP contribution is -2.21. The van der Waals surface area contributed by atoms with Gasteiger partial charge in [-0.2, -0.15) is 12.6 Å². The molecule has 0 spiro atoms. The zero-order valence-electron chi connectivity index (χ0n) is 4.30. The molecule has 0 saturated carbocycles. The van der Waals surface area contributed by atoms with Crippen molar-refractivity contribution < 1.29 is 0 Å². The Balaban J connectivity index is 2.12. The molecule has 0 bridgehead atoms. The fourth-order valence-corrected chi connectivity index (χ4v) is 1.07. The van der Waals surface area contributed by atoms with E-state index in [1.54, 1.807) is 0 Å². The first kappa shape index (κ1) is 5.45. The minimum Gasteiger partial charge on any atom is -0.228 e. The minimum atomic E-state index is 0.355. The van der Waals surface area contributed by atoms with Crippen LogP contribution in [0.3, 0.4) is 0 Å². The van der Waals surface area contributed by atoms with Crippen molar-refractivity contribution in [3.05, 3.63) is 0 Å². The van der Waals surface area contributed by atoms with Crippen LogP contribution >= 0.6 is 12.6 Å². The third kappa shape index (κ3) is 1.70. The van der Waals surface area contributed by atoms with Crippen LogP contribution in [0, 0.1) is 0 Å². The highest BCUT2D eigenvalue weighted by Crippen LogP contribution is 2.09. The summed E-state index contributed by atoms with van der Waals surface area (Å²) in [5.74, 6) is 0. The molecule has 41 valence electrons. The second-order valence-electron chi connectivity index (χ2n) is 1.88. The summed E-state index contributed by atoms with van der Waals surface area (Å²) < 4.78 is 0. The number of nitrogens with zero attached hydrogens (tertiary/aromatic N) is 1. The van der Waals surface area contributed by atoms with Gasteiger partial charge in [0.2, 0.25) is 0 Å². The molecule has 1 saturated heterocycles. The predicted octanol–water partition coefficient (Wildman–Crippen LogP) is 1.03. The molecule has 1 fully saturated rings. The van der Waals surface area contributed by atoms with E-state index in [-0.39, 0.29) is 0 Å². The van der Waals surface area contributed by atoms with Crippen LogP contribution < -0.4 is 5.32 Å². The molecule has 0 aromatic rings. The number of thiol groups is 1. The molecule has 2 heteroatoms. The van der Waals surface area contributed by atoms with E-state index in [1.807, 2.05) is 0 Å². The zero-order valence-corrected chi connectivity index (χ0v) is 5.19. The predicted molar refractivity (Wildman–Crippen MR) is 33.6 cm³/mol. The van der Waals surface area contributed by atoms with Crippen LogP contribution in [-0.4, -0.2) is 11.9 Å². The molecule has 1 aliphatic rings. The van der Waals surface area contributed by atoms with Crippen molar-refractivity contribution in [1.29, 1.82) is 0 Å². The molecule has 0 aromatic heterocycles. The maximum Gasteiger partial charge on any atom is 0.0669 e. The maximum atomic E-state index is 4.19. The summed E-state index contributed by atoms with van der Waals surface area (Å²) >= 11 is 4.19. The molecule has 1 unspecified atom stereocenters. The Morgan fingerprint density at radius 2 is 2.29 bits per heavy atom. The molecule has 0 aliphatic carbocycles. The van der Waals surface area contributed by atoms with E-state index in [4.69, 9.17) is 0 Å². The van der Waals surface area contributed by atoms with Crippen LogP contribution in [0.2, 0.25) is 0 Å². The van der Waals surface area contributed by atoms with Crippen molar-refractivity contribution in [2.75, 3.05) is 6.54 Å². The average molecular weight is 116 g/mol. The van der Waals surface area contributed by atoms with Crippen LogP contribution in [-0.2, 0) is 0 Å². The molecule has 1 rings (SSSR count). The van der Waals surface area contributed by atoms with E-state index >= 15 is 0 Å². The minimum absolute atomic E-state index is 0.355. The standard InChI is InChI=1S/C5H10NS/c7-5-3-1-2-4-6-5/h5,7H,1-4H2. The quantitative estimate of drug-likeness (QED) is 0.454. The van der Waals surface area contributed by atoms with Gasteiger partial charge in [0, 0.05) is 6.54 Å². The summed E-state index contributed by atoms with van der Waals surface area (Å²) in [7, 11) is 0. The molecule has 1 aliphatic heterocycles. The monoisotopic (exact) mass is 116 g/mol. The van der Waals surface area contributed by atoms with Crippen molar-refractivity contribution in [1.82, 2.24) is 5.32 Å². The van der Waals surface area contributed by atoms with Crippen LogP contribution in [0.1, 0.15) is 19.3 Å². The Morgan fingerprint density at radius 3 is 2.57 bits per heavy atom. The second kappa shape index (κ2) is 2.58. The van der Waals surface area contributed by atoms with E-state index in [0.717, 1.165) is 6.54 Å². The summed E-state index contributed by atoms with van der Waals surface area (Å²) in [4.78, 5) is 0. The molecule has 1 heterocycles. The van der Waals surface area contributed by atoms with Crippen LogP contribution in [0.4, 0.5) is 0 Å². The molecule has 0 amide bonds. The Labute approximate surface area is 49.9 Å². The largest absolute Gasteiger partial charge is 0.228 e. The molecule has 0 N–H and O–H groups in total. The molecule has 7 heavy (non-hydrogen) atoms. The second-order valence-corrected chi connectivity index (χ2v) is 2.48. The molecule has 1 radical (unpaired) electrons. The summed E-state index contributed by atoms with van der Waals surface area (Å²) in [5, 5.41) is 4.55. The zero-order chi connectivity index (χ0) is 5.11. The van der Waals surface area contributed by atoms with Crippen molar-refractivity contribution in [2.24, 2.45) is 0 Å². The first-order chi connectivity index (χ1) is 3.39. The summed E-state index contributed by atoms with van der Waals surface area (Å²) in [6.07, 6.45) is 3.78. The van der Waals surface area contributed by atoms with E-state index < -0.39 is 0 Å². The third-order valence-corrected chi connectivity index (χ3v) is 1.63. The van der Waals surface area contributed by atoms with Crippen molar-refractivity contribution in [3.63, 3.8) is 0 Å². The van der Waals surface area contributed by atoms with Gasteiger partial charge in [0.1, 0.15) is 0 Å². The topological polar surface area (TPSA) is 14.1 Å². The van der Waals surface area contributed by atoms with Crippen LogP contribution in [0.15, 0.2) is 0 Å². The van der Waals surface area contributed by atoms with Gasteiger partial charge in [0.25, 0.3) is 0 Å². The molecule has 0 aromatic carbocycles. The van der Waals surface area contributed by atoms with E-state index in [0.29, 0.717) is 5.37 Å². The van der Waals surface area contributed by atoms with E-state index in [2.05, 4.69) is 17.9 Å². The highest BCUT2D eigenvalue weighted by atomic mass is 32.1. The lowest BCUT2D eigenvalue weighted by Gasteiger charge is -2.15. The molecule has 1 atom stereocenters. The number of hydrogen-bond donors (Lipinski definition) is 1. The van der Waals surface area contributed by atoms with Crippen LogP contribution in [0.5, 0.6) is 0 Å². The molecular formula is C5H10NS. The summed E-state index contributed by atoms with van der Waals surface area (Å²) in [5.41, 5.74) is 0. The van der Waals surface area contributed by atoms with Gasteiger partial charge in [-0.1, -0.05) is 0 Å². The number of rotatable bonds is 0. The fraction of sp³-hybridized carbons (Fsp3) is 1.00. The Kier molecular flexibility index (Phi) is 2.00. The van der Waals surface area contributed by atoms with Gasteiger partial charge in [0.15, 0.2) is 0 Å². The first-order valence-electron chi connectivity index (χ1n) is 2.74. The highest BCUT2D eigenvalue weighted by Gasteiger charge is 2.06. The van der Waals surface area contributed by atoms with Gasteiger partial charge < -0.3 is 0 Å². The van der Waals surface area contributed by atoms with Crippen molar-refractivity contribution in [2.45, 2.75) is 24.6 Å². The summed E-state index contributed by atoms with van der Waals surface area (Å²) in [6.45, 7) is 1.04. The van der Waals surface area contributed by atoms with Crippen molar-refractivity contribution >= 4 is 12.6 Å². The van der Waals surface area contributed by atoms with Gasteiger partial charge in [-0.05, 0) is 19.3 Å². The smallest absolute Gasteiger partial charge is 0.0669 e. The van der Waals surface area contributed by atoms with Crippen LogP contribution in [0.25, 0.3) is 0 Å². The number of hydrogen-bond acceptors (Lipinski definition) is 1. The highest BCUT2D eigenvalue weighted by molar-refractivity contribution is 7.80. The van der Waals surface area contributed by atoms with E-state index in [9.17, 15) is 0 Å². The summed E-state index contributed by atoms with van der Waals surface area (Å²) in [6, 6.07) is 0. The lowest BCUT2D eigenvalue weighted by molar-refractivity contribution is 0.485. The SMILES string of the molecule is SC1CCCC[N]1. The van der Waals surface area contributed by atoms with Crippen molar-refractivity contribution in [3.8, 4) is 0 Å². The molecule has 1 nitrogen and oxygen atoms in total. The average Bonchev–Trinajstić information content (AvgIpc) is 1.69. The maximum absolute atomic E-state index is 4.19. The van der Waals surface area contributed by atoms with Gasteiger partial charge in [0.05, 0.1) is 5.37 Å². The Hall–Kier alpha value is 0.310. The van der Waals surface area contributed by atoms with Gasteiger partial charge in [-0.3, -0.25) is 0 Å². The van der Waals surface area contributed by atoms with E-state index in [1.165, 1.54) is 19.3 Å². The molecular weight excluding hydrogens is 106 g/mol. The lowest BCUT2D eigenvalue weighted by atomic mass is 10.2. The Morgan fingerprint density at radius 1 is 1.43 bits per heavy atom. The fourth-order valence-electron chi connectivity index (χ4n) is 0.770. The first-order valence-corrected chi connectivity index (χ1v) is 3.26. The number of piperidine rings is 1. The van der Waals surface area contributed by atoms with Gasteiger partial charge in [-0.25, -0.2) is 5.32 Å². The third-order valence-electron chi connectivity index (χ3n) is 1.21. The Bertz CT molecular complexity index is 50.0. The van der Waals surface area contributed by atoms with Gasteiger partial charge >= 0.3 is 0 Å².